The Morgan fingerprint density at radius 3 is 2.47 bits per heavy atom. The van der Waals surface area contributed by atoms with Crippen molar-refractivity contribution < 1.29 is 4.79 Å². The van der Waals surface area contributed by atoms with E-state index in [4.69, 9.17) is 5.73 Å². The van der Waals surface area contributed by atoms with Crippen molar-refractivity contribution in [3.63, 3.8) is 0 Å². The Morgan fingerprint density at radius 2 is 2.00 bits per heavy atom. The third kappa shape index (κ3) is 3.98. The molecule has 2 rings (SSSR count). The predicted octanol–water partition coefficient (Wildman–Crippen LogP) is 0.920. The van der Waals surface area contributed by atoms with Crippen molar-refractivity contribution in [1.82, 2.24) is 10.2 Å². The van der Waals surface area contributed by atoms with E-state index in [0.717, 1.165) is 32.2 Å². The summed E-state index contributed by atoms with van der Waals surface area (Å²) in [5.74, 6) is 0.0595. The smallest absolute Gasteiger partial charge is 0.240 e. The fraction of sp³-hybridized carbons (Fsp3) is 0.909. The molecule has 0 spiro atoms. The second kappa shape index (κ2) is 6.23. The highest BCUT2D eigenvalue weighted by Gasteiger charge is 2.46. The molecule has 1 heterocycles. The lowest BCUT2D eigenvalue weighted by Gasteiger charge is -2.35. The standard InChI is InChI=1S/C11H21N3O.2ClH/c1-8-7-9(3-6-14(8)2)13-10(15)11(12)4-5-11;;/h8-9H,3-7,12H2,1-2H3,(H,13,15);2*1H. The van der Waals surface area contributed by atoms with Crippen molar-refractivity contribution in [2.45, 2.75) is 50.2 Å². The highest BCUT2D eigenvalue weighted by molar-refractivity contribution is 5.89. The molecule has 0 aromatic rings. The average Bonchev–Trinajstić information content (AvgIpc) is 2.92. The second-order valence-corrected chi connectivity index (χ2v) is 5.18. The van der Waals surface area contributed by atoms with Crippen molar-refractivity contribution in [2.24, 2.45) is 5.73 Å². The summed E-state index contributed by atoms with van der Waals surface area (Å²) in [6.07, 6.45) is 3.78. The maximum atomic E-state index is 11.7. The van der Waals surface area contributed by atoms with Crippen LogP contribution in [0.1, 0.15) is 32.6 Å². The van der Waals surface area contributed by atoms with Gasteiger partial charge in [0, 0.05) is 18.6 Å². The van der Waals surface area contributed by atoms with Crippen LogP contribution in [0.5, 0.6) is 0 Å². The van der Waals surface area contributed by atoms with Gasteiger partial charge in [-0.1, -0.05) is 0 Å². The summed E-state index contributed by atoms with van der Waals surface area (Å²) in [4.78, 5) is 14.1. The minimum absolute atomic E-state index is 0. The zero-order chi connectivity index (χ0) is 11.1. The van der Waals surface area contributed by atoms with Crippen LogP contribution in [0.3, 0.4) is 0 Å². The fourth-order valence-corrected chi connectivity index (χ4v) is 2.11. The molecule has 1 saturated heterocycles. The molecule has 102 valence electrons. The average molecular weight is 284 g/mol. The summed E-state index contributed by atoms with van der Waals surface area (Å²) in [6.45, 7) is 3.26. The largest absolute Gasteiger partial charge is 0.352 e. The van der Waals surface area contributed by atoms with Crippen molar-refractivity contribution in [3.05, 3.63) is 0 Å². The quantitative estimate of drug-likeness (QED) is 0.793. The molecule has 2 fully saturated rings. The highest BCUT2D eigenvalue weighted by atomic mass is 35.5. The summed E-state index contributed by atoms with van der Waals surface area (Å²) in [6, 6.07) is 0.877. The van der Waals surface area contributed by atoms with Crippen LogP contribution < -0.4 is 11.1 Å². The Balaban J connectivity index is 0.00000128. The van der Waals surface area contributed by atoms with Gasteiger partial charge in [0.05, 0.1) is 5.54 Å². The number of piperidine rings is 1. The number of amides is 1. The normalized spacial score (nSPS) is 30.8. The first-order valence-electron chi connectivity index (χ1n) is 5.81. The van der Waals surface area contributed by atoms with E-state index in [2.05, 4.69) is 24.2 Å². The van der Waals surface area contributed by atoms with Crippen LogP contribution in [0.2, 0.25) is 0 Å². The number of nitrogens with two attached hydrogens (primary N) is 1. The van der Waals surface area contributed by atoms with Gasteiger partial charge in [-0.05, 0) is 39.7 Å². The Labute approximate surface area is 115 Å². The molecule has 2 unspecified atom stereocenters. The predicted molar refractivity (Wildman–Crippen MR) is 73.9 cm³/mol. The SMILES string of the molecule is CC1CC(NC(=O)C2(N)CC2)CCN1C.Cl.Cl. The van der Waals surface area contributed by atoms with E-state index < -0.39 is 5.54 Å². The molecule has 1 aliphatic carbocycles. The van der Waals surface area contributed by atoms with E-state index in [1.807, 2.05) is 0 Å². The van der Waals surface area contributed by atoms with Crippen molar-refractivity contribution >= 4 is 30.7 Å². The molecular weight excluding hydrogens is 261 g/mol. The second-order valence-electron chi connectivity index (χ2n) is 5.18. The topological polar surface area (TPSA) is 58.4 Å². The molecule has 1 saturated carbocycles. The molecule has 0 aromatic heterocycles. The number of carbonyl (C=O) groups is 1. The monoisotopic (exact) mass is 283 g/mol. The summed E-state index contributed by atoms with van der Waals surface area (Å²) in [7, 11) is 2.13. The van der Waals surface area contributed by atoms with Crippen LogP contribution in [0.4, 0.5) is 0 Å². The van der Waals surface area contributed by atoms with E-state index in [0.29, 0.717) is 12.1 Å². The van der Waals surface area contributed by atoms with E-state index in [1.165, 1.54) is 0 Å². The van der Waals surface area contributed by atoms with Crippen molar-refractivity contribution in [3.8, 4) is 0 Å². The molecule has 0 radical (unpaired) electrons. The molecule has 0 bridgehead atoms. The first kappa shape index (κ1) is 17.0. The van der Waals surface area contributed by atoms with Crippen LogP contribution in [0.25, 0.3) is 0 Å². The van der Waals surface area contributed by atoms with Crippen LogP contribution >= 0.6 is 24.8 Å². The molecule has 1 aliphatic heterocycles. The Hall–Kier alpha value is -0.0300. The van der Waals surface area contributed by atoms with E-state index >= 15 is 0 Å². The maximum absolute atomic E-state index is 11.7. The summed E-state index contributed by atoms with van der Waals surface area (Å²) in [5, 5.41) is 3.08. The zero-order valence-corrected chi connectivity index (χ0v) is 12.1. The van der Waals surface area contributed by atoms with E-state index in [-0.39, 0.29) is 30.7 Å². The molecule has 3 N–H and O–H groups in total. The third-order valence-corrected chi connectivity index (χ3v) is 3.78. The number of carbonyl (C=O) groups excluding carboxylic acids is 1. The molecule has 4 nitrogen and oxygen atoms in total. The summed E-state index contributed by atoms with van der Waals surface area (Å²) >= 11 is 0. The van der Waals surface area contributed by atoms with Crippen LogP contribution in [0.15, 0.2) is 0 Å². The highest BCUT2D eigenvalue weighted by Crippen LogP contribution is 2.32. The van der Waals surface area contributed by atoms with Gasteiger partial charge in [0.2, 0.25) is 5.91 Å². The van der Waals surface area contributed by atoms with Crippen molar-refractivity contribution in [2.75, 3.05) is 13.6 Å². The van der Waals surface area contributed by atoms with Crippen LogP contribution in [-0.2, 0) is 4.79 Å². The Bertz CT molecular complexity index is 271. The summed E-state index contributed by atoms with van der Waals surface area (Å²) in [5.41, 5.74) is 5.33. The lowest BCUT2D eigenvalue weighted by Crippen LogP contribution is -2.52. The van der Waals surface area contributed by atoms with E-state index in [1.54, 1.807) is 0 Å². The fourth-order valence-electron chi connectivity index (χ4n) is 2.11. The lowest BCUT2D eigenvalue weighted by atomic mass is 9.98. The van der Waals surface area contributed by atoms with Gasteiger partial charge >= 0.3 is 0 Å². The number of nitrogens with one attached hydrogen (secondary N) is 1. The first-order valence-corrected chi connectivity index (χ1v) is 5.81. The minimum atomic E-state index is -0.521. The van der Waals surface area contributed by atoms with Gasteiger partial charge in [-0.3, -0.25) is 4.79 Å². The van der Waals surface area contributed by atoms with Gasteiger partial charge < -0.3 is 16.0 Å². The lowest BCUT2D eigenvalue weighted by molar-refractivity contribution is -0.124. The molecule has 1 amide bonds. The van der Waals surface area contributed by atoms with Crippen LogP contribution in [-0.4, -0.2) is 42.0 Å². The number of nitrogens with zero attached hydrogens (tertiary/aromatic N) is 1. The van der Waals surface area contributed by atoms with Gasteiger partial charge in [0.1, 0.15) is 0 Å². The number of halogens is 2. The Morgan fingerprint density at radius 1 is 1.41 bits per heavy atom. The molecule has 17 heavy (non-hydrogen) atoms. The van der Waals surface area contributed by atoms with Crippen LogP contribution in [0, 0.1) is 0 Å². The van der Waals surface area contributed by atoms with Gasteiger partial charge in [-0.15, -0.1) is 24.8 Å². The van der Waals surface area contributed by atoms with Gasteiger partial charge in [-0.25, -0.2) is 0 Å². The summed E-state index contributed by atoms with van der Waals surface area (Å²) < 4.78 is 0. The van der Waals surface area contributed by atoms with Crippen molar-refractivity contribution in [1.29, 1.82) is 0 Å². The number of rotatable bonds is 2. The molecular formula is C11H23Cl2N3O. The molecule has 6 heteroatoms. The Kier molecular flexibility index (Phi) is 6.22. The van der Waals surface area contributed by atoms with Gasteiger partial charge in [-0.2, -0.15) is 0 Å². The number of hydrogen-bond donors (Lipinski definition) is 2. The molecule has 2 atom stereocenters. The zero-order valence-electron chi connectivity index (χ0n) is 10.4. The number of hydrogen-bond acceptors (Lipinski definition) is 3. The minimum Gasteiger partial charge on any atom is -0.352 e. The first-order chi connectivity index (χ1) is 7.01. The molecule has 2 aliphatic rings. The number of likely N-dealkylation sites (tertiary alicyclic amines) is 1. The molecule has 0 aromatic carbocycles. The van der Waals surface area contributed by atoms with E-state index in [9.17, 15) is 4.79 Å². The van der Waals surface area contributed by atoms with Gasteiger partial charge in [0.15, 0.2) is 0 Å². The third-order valence-electron chi connectivity index (χ3n) is 3.78. The van der Waals surface area contributed by atoms with Gasteiger partial charge in [0.25, 0.3) is 0 Å². The maximum Gasteiger partial charge on any atom is 0.240 e.